The molecule has 1 heterocycles. The van der Waals surface area contributed by atoms with Crippen molar-refractivity contribution in [1.82, 2.24) is 4.98 Å². The Bertz CT molecular complexity index is 300. The summed E-state index contributed by atoms with van der Waals surface area (Å²) >= 11 is 1.27. The van der Waals surface area contributed by atoms with Crippen LogP contribution in [0.5, 0.6) is 0 Å². The quantitative estimate of drug-likeness (QED) is 0.799. The molecular weight excluding hydrogens is 231 g/mol. The van der Waals surface area contributed by atoms with Gasteiger partial charge < -0.3 is 9.84 Å². The van der Waals surface area contributed by atoms with Crippen molar-refractivity contribution in [2.24, 2.45) is 0 Å². The number of hydrogen-bond donors (Lipinski definition) is 1. The van der Waals surface area contributed by atoms with Crippen LogP contribution in [0.2, 0.25) is 0 Å². The number of thiazole rings is 1. The van der Waals surface area contributed by atoms with Gasteiger partial charge in [-0.25, -0.2) is 4.98 Å². The van der Waals surface area contributed by atoms with Gasteiger partial charge in [-0.05, 0) is 0 Å². The lowest BCUT2D eigenvalue weighted by molar-refractivity contribution is -0.173. The Balaban J connectivity index is 2.20. The Morgan fingerprint density at radius 1 is 1.47 bits per heavy atom. The van der Waals surface area contributed by atoms with Crippen LogP contribution in [0.3, 0.4) is 0 Å². The van der Waals surface area contributed by atoms with Crippen LogP contribution >= 0.6 is 11.3 Å². The van der Waals surface area contributed by atoms with Crippen LogP contribution in [0.4, 0.5) is 13.2 Å². The lowest BCUT2D eigenvalue weighted by Crippen LogP contribution is -2.17. The van der Waals surface area contributed by atoms with Crippen LogP contribution < -0.4 is 0 Å². The molecule has 1 N–H and O–H groups in total. The van der Waals surface area contributed by atoms with Crippen molar-refractivity contribution in [3.63, 3.8) is 0 Å². The molecule has 0 aliphatic carbocycles. The standard InChI is InChI=1S/C8H10F3NO2S/c9-8(10,11)5-14-2-1-7-12-3-6(4-13)15-7/h3,13H,1-2,4-5H2. The molecule has 0 aliphatic rings. The largest absolute Gasteiger partial charge is 0.411 e. The number of aromatic nitrogens is 1. The highest BCUT2D eigenvalue weighted by atomic mass is 32.1. The third kappa shape index (κ3) is 5.10. The molecule has 1 aromatic heterocycles. The van der Waals surface area contributed by atoms with Gasteiger partial charge in [-0.2, -0.15) is 13.2 Å². The van der Waals surface area contributed by atoms with Gasteiger partial charge in [0.25, 0.3) is 0 Å². The van der Waals surface area contributed by atoms with Crippen molar-refractivity contribution < 1.29 is 23.0 Å². The van der Waals surface area contributed by atoms with Crippen LogP contribution in [0.15, 0.2) is 6.20 Å². The molecule has 0 atom stereocenters. The molecule has 1 aromatic rings. The van der Waals surface area contributed by atoms with Crippen LogP contribution in [-0.2, 0) is 17.8 Å². The summed E-state index contributed by atoms with van der Waals surface area (Å²) in [5.74, 6) is 0. The minimum atomic E-state index is -4.28. The van der Waals surface area contributed by atoms with Gasteiger partial charge in [-0.1, -0.05) is 0 Å². The highest BCUT2D eigenvalue weighted by molar-refractivity contribution is 7.11. The Morgan fingerprint density at radius 3 is 2.73 bits per heavy atom. The highest BCUT2D eigenvalue weighted by Crippen LogP contribution is 2.16. The molecule has 0 saturated carbocycles. The fourth-order valence-electron chi connectivity index (χ4n) is 0.884. The van der Waals surface area contributed by atoms with Gasteiger partial charge in [-0.3, -0.25) is 0 Å². The van der Waals surface area contributed by atoms with Gasteiger partial charge >= 0.3 is 6.18 Å². The summed E-state index contributed by atoms with van der Waals surface area (Å²) in [6, 6.07) is 0. The fraction of sp³-hybridized carbons (Fsp3) is 0.625. The molecule has 0 amide bonds. The van der Waals surface area contributed by atoms with Crippen molar-refractivity contribution in [3.05, 3.63) is 16.1 Å². The average molecular weight is 241 g/mol. The lowest BCUT2D eigenvalue weighted by Gasteiger charge is -2.05. The molecule has 0 aliphatic heterocycles. The van der Waals surface area contributed by atoms with Crippen molar-refractivity contribution in [2.45, 2.75) is 19.2 Å². The second-order valence-corrected chi connectivity index (χ2v) is 4.00. The number of aliphatic hydroxyl groups excluding tert-OH is 1. The number of hydrogen-bond acceptors (Lipinski definition) is 4. The van der Waals surface area contributed by atoms with Gasteiger partial charge in [0.15, 0.2) is 0 Å². The third-order valence-corrected chi connectivity index (χ3v) is 2.53. The molecule has 15 heavy (non-hydrogen) atoms. The van der Waals surface area contributed by atoms with E-state index in [0.717, 1.165) is 0 Å². The van der Waals surface area contributed by atoms with E-state index in [-0.39, 0.29) is 13.2 Å². The van der Waals surface area contributed by atoms with E-state index in [4.69, 9.17) is 5.11 Å². The topological polar surface area (TPSA) is 42.4 Å². The summed E-state index contributed by atoms with van der Waals surface area (Å²) in [5.41, 5.74) is 0. The van der Waals surface area contributed by atoms with Crippen molar-refractivity contribution in [1.29, 1.82) is 0 Å². The Labute approximate surface area is 88.5 Å². The molecular formula is C8H10F3NO2S. The van der Waals surface area contributed by atoms with Gasteiger partial charge in [0, 0.05) is 12.6 Å². The van der Waals surface area contributed by atoms with E-state index in [2.05, 4.69) is 9.72 Å². The summed E-state index contributed by atoms with van der Waals surface area (Å²) in [6.07, 6.45) is -2.44. The molecule has 0 aromatic carbocycles. The molecule has 0 saturated heterocycles. The van der Waals surface area contributed by atoms with Gasteiger partial charge in [0.1, 0.15) is 6.61 Å². The second kappa shape index (κ2) is 5.43. The van der Waals surface area contributed by atoms with Crippen molar-refractivity contribution in [2.75, 3.05) is 13.2 Å². The summed E-state index contributed by atoms with van der Waals surface area (Å²) in [7, 11) is 0. The minimum Gasteiger partial charge on any atom is -0.391 e. The fourth-order valence-corrected chi connectivity index (χ4v) is 1.65. The maximum absolute atomic E-state index is 11.7. The van der Waals surface area contributed by atoms with Gasteiger partial charge in [-0.15, -0.1) is 11.3 Å². The predicted octanol–water partition coefficient (Wildman–Crippen LogP) is 1.76. The Kier molecular flexibility index (Phi) is 4.49. The van der Waals surface area contributed by atoms with E-state index >= 15 is 0 Å². The first-order valence-electron chi connectivity index (χ1n) is 4.20. The molecule has 7 heteroatoms. The summed E-state index contributed by atoms with van der Waals surface area (Å²) in [5, 5.41) is 9.39. The first kappa shape index (κ1) is 12.4. The Morgan fingerprint density at radius 2 is 2.20 bits per heavy atom. The highest BCUT2D eigenvalue weighted by Gasteiger charge is 2.27. The van der Waals surface area contributed by atoms with E-state index in [1.165, 1.54) is 17.5 Å². The number of nitrogens with zero attached hydrogens (tertiary/aromatic N) is 1. The summed E-state index contributed by atoms with van der Waals surface area (Å²) in [6.45, 7) is -1.34. The van der Waals surface area contributed by atoms with E-state index < -0.39 is 12.8 Å². The monoisotopic (exact) mass is 241 g/mol. The number of alkyl halides is 3. The zero-order chi connectivity index (χ0) is 11.3. The van der Waals surface area contributed by atoms with Crippen molar-refractivity contribution in [3.8, 4) is 0 Å². The number of ether oxygens (including phenoxy) is 1. The van der Waals surface area contributed by atoms with Crippen LogP contribution in [-0.4, -0.2) is 29.5 Å². The normalized spacial score (nSPS) is 12.0. The maximum atomic E-state index is 11.7. The Hall–Kier alpha value is -0.660. The summed E-state index contributed by atoms with van der Waals surface area (Å²) < 4.78 is 39.4. The molecule has 0 unspecified atom stereocenters. The number of aliphatic hydroxyl groups is 1. The average Bonchev–Trinajstić information content (AvgIpc) is 2.59. The van der Waals surface area contributed by atoms with Gasteiger partial charge in [0.05, 0.1) is 23.1 Å². The molecule has 3 nitrogen and oxygen atoms in total. The maximum Gasteiger partial charge on any atom is 0.411 e. The van der Waals surface area contributed by atoms with Crippen LogP contribution in [0.1, 0.15) is 9.88 Å². The van der Waals surface area contributed by atoms with E-state index in [0.29, 0.717) is 16.3 Å². The van der Waals surface area contributed by atoms with Gasteiger partial charge in [0.2, 0.25) is 0 Å². The number of halogens is 3. The minimum absolute atomic E-state index is 0.0160. The predicted molar refractivity (Wildman–Crippen MR) is 48.6 cm³/mol. The SMILES string of the molecule is OCc1cnc(CCOCC(F)(F)F)s1. The molecule has 0 radical (unpaired) electrons. The zero-order valence-electron chi connectivity index (χ0n) is 7.75. The summed E-state index contributed by atoms with van der Waals surface area (Å²) in [4.78, 5) is 4.61. The molecule has 1 rings (SSSR count). The van der Waals surface area contributed by atoms with E-state index in [9.17, 15) is 13.2 Å². The molecule has 86 valence electrons. The van der Waals surface area contributed by atoms with E-state index in [1.54, 1.807) is 0 Å². The second-order valence-electron chi connectivity index (χ2n) is 2.80. The molecule has 0 spiro atoms. The first-order valence-corrected chi connectivity index (χ1v) is 5.02. The third-order valence-electron chi connectivity index (χ3n) is 1.48. The van der Waals surface area contributed by atoms with Crippen LogP contribution in [0.25, 0.3) is 0 Å². The van der Waals surface area contributed by atoms with Crippen molar-refractivity contribution >= 4 is 11.3 Å². The first-order chi connectivity index (χ1) is 7.01. The van der Waals surface area contributed by atoms with E-state index in [1.807, 2.05) is 0 Å². The van der Waals surface area contributed by atoms with Crippen LogP contribution in [0, 0.1) is 0 Å². The smallest absolute Gasteiger partial charge is 0.391 e. The molecule has 0 bridgehead atoms. The zero-order valence-corrected chi connectivity index (χ0v) is 8.57. The lowest BCUT2D eigenvalue weighted by atomic mass is 10.5. The number of rotatable bonds is 5. The molecule has 0 fully saturated rings.